The van der Waals surface area contributed by atoms with Crippen LogP contribution in [0.15, 0.2) is 0 Å². The summed E-state index contributed by atoms with van der Waals surface area (Å²) in [5.74, 6) is -2.18. The molecule has 1 aliphatic rings. The minimum Gasteiger partial charge on any atom is -0.316 e. The third-order valence-corrected chi connectivity index (χ3v) is 2.46. The minimum absolute atomic E-state index is 0.0313. The van der Waals surface area contributed by atoms with E-state index in [4.69, 9.17) is 0 Å². The SMILES string of the molecule is CC(C)CC(F)(F)CC1CCNC1. The summed E-state index contributed by atoms with van der Waals surface area (Å²) in [5, 5.41) is 3.11. The van der Waals surface area contributed by atoms with Gasteiger partial charge in [0, 0.05) is 12.8 Å². The maximum absolute atomic E-state index is 13.3. The molecule has 0 spiro atoms. The van der Waals surface area contributed by atoms with Gasteiger partial charge in [0.25, 0.3) is 0 Å². The zero-order valence-corrected chi connectivity index (χ0v) is 8.45. The summed E-state index contributed by atoms with van der Waals surface area (Å²) in [7, 11) is 0. The monoisotopic (exact) mass is 191 g/mol. The zero-order chi connectivity index (χ0) is 9.90. The van der Waals surface area contributed by atoms with Crippen LogP contribution in [0.2, 0.25) is 0 Å². The highest BCUT2D eigenvalue weighted by atomic mass is 19.3. The molecular weight excluding hydrogens is 172 g/mol. The topological polar surface area (TPSA) is 12.0 Å². The van der Waals surface area contributed by atoms with Crippen molar-refractivity contribution >= 4 is 0 Å². The van der Waals surface area contributed by atoms with Gasteiger partial charge in [0.15, 0.2) is 0 Å². The third-order valence-electron chi connectivity index (χ3n) is 2.46. The van der Waals surface area contributed by atoms with Crippen LogP contribution in [0.1, 0.15) is 33.1 Å². The van der Waals surface area contributed by atoms with Crippen molar-refractivity contribution in [3.63, 3.8) is 0 Å². The molecule has 1 unspecified atom stereocenters. The first kappa shape index (κ1) is 10.9. The van der Waals surface area contributed by atoms with Gasteiger partial charge in [0.2, 0.25) is 5.92 Å². The molecule has 0 amide bonds. The molecule has 13 heavy (non-hydrogen) atoms. The first-order chi connectivity index (χ1) is 5.99. The lowest BCUT2D eigenvalue weighted by atomic mass is 9.94. The molecule has 1 aliphatic heterocycles. The Morgan fingerprint density at radius 3 is 2.62 bits per heavy atom. The lowest BCUT2D eigenvalue weighted by Gasteiger charge is -2.21. The molecule has 3 heteroatoms. The van der Waals surface area contributed by atoms with Crippen LogP contribution in [0.25, 0.3) is 0 Å². The molecular formula is C10H19F2N. The Kier molecular flexibility index (Phi) is 3.65. The van der Waals surface area contributed by atoms with Crippen LogP contribution in [0, 0.1) is 11.8 Å². The van der Waals surface area contributed by atoms with Gasteiger partial charge in [-0.25, -0.2) is 8.78 Å². The quantitative estimate of drug-likeness (QED) is 0.720. The largest absolute Gasteiger partial charge is 0.316 e. The van der Waals surface area contributed by atoms with Crippen molar-refractivity contribution < 1.29 is 8.78 Å². The molecule has 1 N–H and O–H groups in total. The van der Waals surface area contributed by atoms with Crippen LogP contribution in [0.4, 0.5) is 8.78 Å². The van der Waals surface area contributed by atoms with Crippen molar-refractivity contribution in [1.29, 1.82) is 0 Å². The molecule has 1 saturated heterocycles. The summed E-state index contributed by atoms with van der Waals surface area (Å²) in [6, 6.07) is 0. The summed E-state index contributed by atoms with van der Waals surface area (Å²) < 4.78 is 26.6. The third kappa shape index (κ3) is 4.03. The molecule has 1 fully saturated rings. The summed E-state index contributed by atoms with van der Waals surface area (Å²) >= 11 is 0. The van der Waals surface area contributed by atoms with Crippen LogP contribution in [-0.2, 0) is 0 Å². The Balaban J connectivity index is 2.31. The van der Waals surface area contributed by atoms with Gasteiger partial charge in [-0.05, 0) is 31.3 Å². The second-order valence-corrected chi connectivity index (χ2v) is 4.52. The van der Waals surface area contributed by atoms with Gasteiger partial charge in [-0.15, -0.1) is 0 Å². The van der Waals surface area contributed by atoms with Crippen molar-refractivity contribution in [3.8, 4) is 0 Å². The normalized spacial score (nSPS) is 24.2. The predicted molar refractivity (Wildman–Crippen MR) is 50.0 cm³/mol. The molecule has 1 heterocycles. The van der Waals surface area contributed by atoms with E-state index in [0.29, 0.717) is 0 Å². The average molecular weight is 191 g/mol. The molecule has 78 valence electrons. The first-order valence-electron chi connectivity index (χ1n) is 5.08. The van der Waals surface area contributed by atoms with E-state index in [0.717, 1.165) is 19.5 Å². The highest BCUT2D eigenvalue weighted by molar-refractivity contribution is 4.78. The number of nitrogens with one attached hydrogen (secondary N) is 1. The van der Waals surface area contributed by atoms with Crippen LogP contribution < -0.4 is 5.32 Å². The standard InChI is InChI=1S/C10H19F2N/c1-8(2)5-10(11,12)6-9-3-4-13-7-9/h8-9,13H,3-7H2,1-2H3. The minimum atomic E-state index is -2.45. The van der Waals surface area contributed by atoms with Crippen molar-refractivity contribution in [2.75, 3.05) is 13.1 Å². The van der Waals surface area contributed by atoms with E-state index in [9.17, 15) is 8.78 Å². The highest BCUT2D eigenvalue weighted by Gasteiger charge is 2.34. The van der Waals surface area contributed by atoms with E-state index in [1.54, 1.807) is 0 Å². The molecule has 1 atom stereocenters. The maximum Gasteiger partial charge on any atom is 0.248 e. The van der Waals surface area contributed by atoms with Crippen LogP contribution in [-0.4, -0.2) is 19.0 Å². The van der Waals surface area contributed by atoms with E-state index in [2.05, 4.69) is 5.32 Å². The number of alkyl halides is 2. The zero-order valence-electron chi connectivity index (χ0n) is 8.45. The van der Waals surface area contributed by atoms with Gasteiger partial charge in [-0.1, -0.05) is 13.8 Å². The van der Waals surface area contributed by atoms with Gasteiger partial charge >= 0.3 is 0 Å². The first-order valence-corrected chi connectivity index (χ1v) is 5.08. The fourth-order valence-electron chi connectivity index (χ4n) is 1.99. The van der Waals surface area contributed by atoms with Crippen molar-refractivity contribution in [1.82, 2.24) is 5.32 Å². The number of hydrogen-bond acceptors (Lipinski definition) is 1. The summed E-state index contributed by atoms with van der Waals surface area (Å²) in [5.41, 5.74) is 0. The van der Waals surface area contributed by atoms with Crippen LogP contribution in [0.5, 0.6) is 0 Å². The molecule has 0 radical (unpaired) electrons. The fourth-order valence-corrected chi connectivity index (χ4v) is 1.99. The van der Waals surface area contributed by atoms with Gasteiger partial charge in [-0.3, -0.25) is 0 Å². The maximum atomic E-state index is 13.3. The molecule has 0 aromatic carbocycles. The van der Waals surface area contributed by atoms with E-state index in [1.807, 2.05) is 13.8 Å². The highest BCUT2D eigenvalue weighted by Crippen LogP contribution is 2.32. The second-order valence-electron chi connectivity index (χ2n) is 4.52. The molecule has 1 nitrogen and oxygen atoms in total. The summed E-state index contributed by atoms with van der Waals surface area (Å²) in [6.07, 6.45) is 1.01. The molecule has 0 aromatic rings. The predicted octanol–water partition coefficient (Wildman–Crippen LogP) is 2.67. The van der Waals surface area contributed by atoms with Crippen LogP contribution >= 0.6 is 0 Å². The molecule has 0 bridgehead atoms. The van der Waals surface area contributed by atoms with Gasteiger partial charge < -0.3 is 5.32 Å². The van der Waals surface area contributed by atoms with E-state index in [1.165, 1.54) is 0 Å². The average Bonchev–Trinajstić information content (AvgIpc) is 2.34. The molecule has 1 rings (SSSR count). The molecule has 0 aliphatic carbocycles. The summed E-state index contributed by atoms with van der Waals surface area (Å²) in [4.78, 5) is 0. The van der Waals surface area contributed by atoms with Gasteiger partial charge in [0.1, 0.15) is 0 Å². The summed E-state index contributed by atoms with van der Waals surface area (Å²) in [6.45, 7) is 5.37. The van der Waals surface area contributed by atoms with Crippen molar-refractivity contribution in [3.05, 3.63) is 0 Å². The van der Waals surface area contributed by atoms with Gasteiger partial charge in [0.05, 0.1) is 0 Å². The Hall–Kier alpha value is -0.180. The van der Waals surface area contributed by atoms with E-state index < -0.39 is 5.92 Å². The Bertz CT molecular complexity index is 151. The number of hydrogen-bond donors (Lipinski definition) is 1. The van der Waals surface area contributed by atoms with E-state index >= 15 is 0 Å². The number of halogens is 2. The number of rotatable bonds is 4. The lowest BCUT2D eigenvalue weighted by molar-refractivity contribution is -0.0389. The smallest absolute Gasteiger partial charge is 0.248 e. The van der Waals surface area contributed by atoms with Crippen LogP contribution in [0.3, 0.4) is 0 Å². The van der Waals surface area contributed by atoms with Crippen molar-refractivity contribution in [2.45, 2.75) is 39.0 Å². The lowest BCUT2D eigenvalue weighted by Crippen LogP contribution is -2.24. The second kappa shape index (κ2) is 4.36. The van der Waals surface area contributed by atoms with Crippen molar-refractivity contribution in [2.24, 2.45) is 11.8 Å². The van der Waals surface area contributed by atoms with Gasteiger partial charge in [-0.2, -0.15) is 0 Å². The molecule has 0 saturated carbocycles. The Morgan fingerprint density at radius 2 is 2.15 bits per heavy atom. The fraction of sp³-hybridized carbons (Fsp3) is 1.00. The Morgan fingerprint density at radius 1 is 1.46 bits per heavy atom. The van der Waals surface area contributed by atoms with E-state index in [-0.39, 0.29) is 24.7 Å². The molecule has 0 aromatic heterocycles. The Labute approximate surface area is 78.9 Å².